The van der Waals surface area contributed by atoms with Crippen LogP contribution < -0.4 is 4.90 Å². The Hall–Kier alpha value is -1.39. The molecular weight excluding hydrogens is 268 g/mol. The molecule has 1 aliphatic heterocycles. The molecule has 2 heterocycles. The van der Waals surface area contributed by atoms with Gasteiger partial charge in [-0.2, -0.15) is 0 Å². The summed E-state index contributed by atoms with van der Waals surface area (Å²) in [6.45, 7) is 5.74. The smallest absolute Gasteiger partial charge is 0.186 e. The summed E-state index contributed by atoms with van der Waals surface area (Å²) in [5.41, 5.74) is 3.81. The molecule has 1 N–H and O–H groups in total. The van der Waals surface area contributed by atoms with Crippen LogP contribution in [0.4, 0.5) is 5.13 Å². The third kappa shape index (κ3) is 2.58. The van der Waals surface area contributed by atoms with Gasteiger partial charge in [-0.1, -0.05) is 35.6 Å². The summed E-state index contributed by atoms with van der Waals surface area (Å²) >= 11 is 1.62. The van der Waals surface area contributed by atoms with Crippen molar-refractivity contribution in [1.29, 1.82) is 0 Å². The lowest BCUT2D eigenvalue weighted by Gasteiger charge is -2.19. The molecule has 0 fully saturated rings. The normalized spacial score (nSPS) is 16.6. The highest BCUT2D eigenvalue weighted by molar-refractivity contribution is 7.15. The summed E-state index contributed by atoms with van der Waals surface area (Å²) in [4.78, 5) is 7.98. The Morgan fingerprint density at radius 3 is 2.75 bits per heavy atom. The predicted molar refractivity (Wildman–Crippen MR) is 83.3 cm³/mol. The zero-order chi connectivity index (χ0) is 14.1. The van der Waals surface area contributed by atoms with E-state index >= 15 is 0 Å². The van der Waals surface area contributed by atoms with Gasteiger partial charge in [0, 0.05) is 13.1 Å². The zero-order valence-corrected chi connectivity index (χ0v) is 12.8. The van der Waals surface area contributed by atoms with Crippen LogP contribution in [-0.2, 0) is 13.0 Å². The van der Waals surface area contributed by atoms with Crippen molar-refractivity contribution in [1.82, 2.24) is 4.98 Å². The van der Waals surface area contributed by atoms with Crippen LogP contribution >= 0.6 is 11.3 Å². The first-order valence-electron chi connectivity index (χ1n) is 7.12. The number of rotatable bonds is 2. The Balaban J connectivity index is 1.89. The first kappa shape index (κ1) is 13.6. The third-order valence-corrected chi connectivity index (χ3v) is 5.21. The maximum absolute atomic E-state index is 9.78. The summed E-state index contributed by atoms with van der Waals surface area (Å²) in [7, 11) is 0. The van der Waals surface area contributed by atoms with Gasteiger partial charge in [-0.25, -0.2) is 4.98 Å². The topological polar surface area (TPSA) is 36.4 Å². The molecule has 3 nitrogen and oxygen atoms in total. The van der Waals surface area contributed by atoms with Gasteiger partial charge in [-0.3, -0.25) is 0 Å². The maximum Gasteiger partial charge on any atom is 0.186 e. The van der Waals surface area contributed by atoms with E-state index in [1.54, 1.807) is 11.3 Å². The average molecular weight is 288 g/mol. The number of fused-ring (bicyclic) bond motifs is 1. The molecule has 106 valence electrons. The van der Waals surface area contributed by atoms with Gasteiger partial charge in [0.25, 0.3) is 0 Å². The van der Waals surface area contributed by atoms with Crippen molar-refractivity contribution in [2.24, 2.45) is 0 Å². The maximum atomic E-state index is 9.78. The number of anilines is 1. The highest BCUT2D eigenvalue weighted by Gasteiger charge is 2.19. The average Bonchev–Trinajstić information content (AvgIpc) is 2.69. The monoisotopic (exact) mass is 288 g/mol. The molecule has 0 saturated carbocycles. The van der Waals surface area contributed by atoms with Crippen LogP contribution in [0.25, 0.3) is 0 Å². The Kier molecular flexibility index (Phi) is 3.76. The van der Waals surface area contributed by atoms with Gasteiger partial charge < -0.3 is 10.0 Å². The first-order valence-corrected chi connectivity index (χ1v) is 7.94. The number of aromatic nitrogens is 1. The van der Waals surface area contributed by atoms with Crippen LogP contribution in [0.2, 0.25) is 0 Å². The van der Waals surface area contributed by atoms with Crippen LogP contribution in [0, 0.1) is 6.92 Å². The molecule has 0 radical (unpaired) electrons. The van der Waals surface area contributed by atoms with Gasteiger partial charge in [0.05, 0.1) is 16.7 Å². The third-order valence-electron chi connectivity index (χ3n) is 3.82. The number of hydrogen-bond acceptors (Lipinski definition) is 4. The molecule has 0 bridgehead atoms. The SMILES string of the molecule is Cc1nc(N2CCCc3ccccc3C2)sc1C(C)O. The summed E-state index contributed by atoms with van der Waals surface area (Å²) in [5.74, 6) is 0. The molecule has 4 heteroatoms. The van der Waals surface area contributed by atoms with E-state index in [1.807, 2.05) is 13.8 Å². The summed E-state index contributed by atoms with van der Waals surface area (Å²) < 4.78 is 0. The Labute approximate surface area is 123 Å². The number of aliphatic hydroxyl groups is 1. The van der Waals surface area contributed by atoms with Crippen LogP contribution in [-0.4, -0.2) is 16.6 Å². The molecule has 20 heavy (non-hydrogen) atoms. The lowest BCUT2D eigenvalue weighted by atomic mass is 10.0. The second-order valence-electron chi connectivity index (χ2n) is 5.42. The number of nitrogens with zero attached hydrogens (tertiary/aromatic N) is 2. The minimum atomic E-state index is -0.430. The van der Waals surface area contributed by atoms with E-state index in [1.165, 1.54) is 11.1 Å². The number of benzene rings is 1. The molecule has 0 spiro atoms. The Morgan fingerprint density at radius 2 is 2.05 bits per heavy atom. The van der Waals surface area contributed by atoms with E-state index in [-0.39, 0.29) is 0 Å². The van der Waals surface area contributed by atoms with Crippen molar-refractivity contribution in [3.63, 3.8) is 0 Å². The van der Waals surface area contributed by atoms with Gasteiger partial charge >= 0.3 is 0 Å². The second-order valence-corrected chi connectivity index (χ2v) is 6.42. The van der Waals surface area contributed by atoms with Crippen molar-refractivity contribution < 1.29 is 5.11 Å². The van der Waals surface area contributed by atoms with Gasteiger partial charge in [0.15, 0.2) is 5.13 Å². The fourth-order valence-corrected chi connectivity index (χ4v) is 3.81. The highest BCUT2D eigenvalue weighted by Crippen LogP contribution is 2.32. The summed E-state index contributed by atoms with van der Waals surface area (Å²) in [6, 6.07) is 8.67. The molecule has 2 aromatic rings. The minimum absolute atomic E-state index is 0.430. The lowest BCUT2D eigenvalue weighted by Crippen LogP contribution is -2.22. The molecule has 0 saturated heterocycles. The van der Waals surface area contributed by atoms with Crippen LogP contribution in [0.1, 0.15) is 41.1 Å². The number of thiazole rings is 1. The van der Waals surface area contributed by atoms with Crippen molar-refractivity contribution in [2.75, 3.05) is 11.4 Å². The molecule has 3 rings (SSSR count). The largest absolute Gasteiger partial charge is 0.388 e. The van der Waals surface area contributed by atoms with E-state index in [0.29, 0.717) is 0 Å². The molecule has 0 aliphatic carbocycles. The van der Waals surface area contributed by atoms with E-state index < -0.39 is 6.10 Å². The van der Waals surface area contributed by atoms with Gasteiger partial charge in [-0.15, -0.1) is 0 Å². The van der Waals surface area contributed by atoms with E-state index in [2.05, 4.69) is 34.1 Å². The molecule has 1 atom stereocenters. The molecule has 1 aromatic carbocycles. The summed E-state index contributed by atoms with van der Waals surface area (Å²) in [5, 5.41) is 10.8. The van der Waals surface area contributed by atoms with E-state index in [4.69, 9.17) is 0 Å². The number of hydrogen-bond donors (Lipinski definition) is 1. The molecule has 1 unspecified atom stereocenters. The molecule has 1 aromatic heterocycles. The van der Waals surface area contributed by atoms with Crippen molar-refractivity contribution >= 4 is 16.5 Å². The van der Waals surface area contributed by atoms with E-state index in [9.17, 15) is 5.11 Å². The van der Waals surface area contributed by atoms with Crippen LogP contribution in [0.3, 0.4) is 0 Å². The number of aryl methyl sites for hydroxylation is 2. The Morgan fingerprint density at radius 1 is 1.30 bits per heavy atom. The van der Waals surface area contributed by atoms with Crippen LogP contribution in [0.5, 0.6) is 0 Å². The van der Waals surface area contributed by atoms with Gasteiger partial charge in [-0.05, 0) is 37.8 Å². The van der Waals surface area contributed by atoms with Crippen molar-refractivity contribution in [3.8, 4) is 0 Å². The number of aliphatic hydroxyl groups excluding tert-OH is 1. The highest BCUT2D eigenvalue weighted by atomic mass is 32.1. The lowest BCUT2D eigenvalue weighted by molar-refractivity contribution is 0.202. The van der Waals surface area contributed by atoms with Crippen molar-refractivity contribution in [3.05, 3.63) is 46.0 Å². The standard InChI is InChI=1S/C16H20N2OS/c1-11-15(12(2)19)20-16(17-11)18-9-5-8-13-6-3-4-7-14(13)10-18/h3-4,6-7,12,19H,5,8-10H2,1-2H3. The zero-order valence-electron chi connectivity index (χ0n) is 12.0. The fourth-order valence-electron chi connectivity index (χ4n) is 2.78. The van der Waals surface area contributed by atoms with Crippen molar-refractivity contribution in [2.45, 2.75) is 39.3 Å². The van der Waals surface area contributed by atoms with E-state index in [0.717, 1.165) is 41.6 Å². The van der Waals surface area contributed by atoms with Crippen LogP contribution in [0.15, 0.2) is 24.3 Å². The predicted octanol–water partition coefficient (Wildman–Crippen LogP) is 3.46. The second kappa shape index (κ2) is 5.54. The Bertz CT molecular complexity index is 606. The molecular formula is C16H20N2OS. The van der Waals surface area contributed by atoms with Gasteiger partial charge in [0.2, 0.25) is 0 Å². The molecule has 1 aliphatic rings. The summed E-state index contributed by atoms with van der Waals surface area (Å²) in [6.07, 6.45) is 1.86. The fraction of sp³-hybridized carbons (Fsp3) is 0.438. The molecule has 0 amide bonds. The minimum Gasteiger partial charge on any atom is -0.388 e. The van der Waals surface area contributed by atoms with Gasteiger partial charge in [0.1, 0.15) is 0 Å². The first-order chi connectivity index (χ1) is 9.65. The quantitative estimate of drug-likeness (QED) is 0.919.